The Morgan fingerprint density at radius 1 is 0.479 bits per heavy atom. The molecule has 0 aliphatic rings. The summed E-state index contributed by atoms with van der Waals surface area (Å²) in [5, 5.41) is 4.60. The van der Waals surface area contributed by atoms with E-state index in [0.29, 0.717) is 0 Å². The van der Waals surface area contributed by atoms with Crippen LogP contribution in [0.1, 0.15) is 0 Å². The van der Waals surface area contributed by atoms with Crippen LogP contribution in [0.4, 0.5) is 0 Å². The molecule has 0 aliphatic carbocycles. The highest BCUT2D eigenvalue weighted by Gasteiger charge is 2.22. The lowest BCUT2D eigenvalue weighted by atomic mass is 10.00. The highest BCUT2D eigenvalue weighted by Crippen LogP contribution is 2.42. The molecule has 48 heavy (non-hydrogen) atoms. The zero-order valence-electron chi connectivity index (χ0n) is 25.7. The molecule has 11 aromatic rings. The summed E-state index contributed by atoms with van der Waals surface area (Å²) in [7, 11) is 0. The summed E-state index contributed by atoms with van der Waals surface area (Å²) in [5.41, 5.74) is 12.8. The van der Waals surface area contributed by atoms with Gasteiger partial charge in [-0.3, -0.25) is 8.97 Å². The number of para-hydroxylation sites is 7. The van der Waals surface area contributed by atoms with E-state index in [1.807, 2.05) is 6.07 Å². The van der Waals surface area contributed by atoms with E-state index in [1.54, 1.807) is 0 Å². The summed E-state index contributed by atoms with van der Waals surface area (Å²) in [4.78, 5) is 5.14. The van der Waals surface area contributed by atoms with Gasteiger partial charge in [-0.25, -0.2) is 4.98 Å². The highest BCUT2D eigenvalue weighted by atomic mass is 16.3. The number of rotatable bonds is 3. The first-order valence-corrected chi connectivity index (χ1v) is 16.2. The summed E-state index contributed by atoms with van der Waals surface area (Å²) in [6.07, 6.45) is 0. The number of furan rings is 1. The maximum atomic E-state index is 6.79. The van der Waals surface area contributed by atoms with Gasteiger partial charge in [0.2, 0.25) is 5.78 Å². The van der Waals surface area contributed by atoms with E-state index >= 15 is 0 Å². The SMILES string of the molecule is c1ccc(-n2c3ccccc3c3cc(-c4cccc5c4oc4cccc(-n6c7ccccc7n7c8ccccc8nc67)c45)ccc32)cc1. The van der Waals surface area contributed by atoms with Crippen molar-refractivity contribution in [1.29, 1.82) is 0 Å². The van der Waals surface area contributed by atoms with E-state index in [-0.39, 0.29) is 0 Å². The van der Waals surface area contributed by atoms with Crippen LogP contribution in [0, 0.1) is 0 Å². The van der Waals surface area contributed by atoms with Gasteiger partial charge < -0.3 is 8.98 Å². The maximum absolute atomic E-state index is 6.79. The smallest absolute Gasteiger partial charge is 0.220 e. The van der Waals surface area contributed by atoms with Crippen molar-refractivity contribution in [2.75, 3.05) is 0 Å². The van der Waals surface area contributed by atoms with Crippen LogP contribution in [0.2, 0.25) is 0 Å². The Bertz CT molecular complexity index is 3060. The molecule has 0 saturated heterocycles. The van der Waals surface area contributed by atoms with Gasteiger partial charge in [0.15, 0.2) is 0 Å². The monoisotopic (exact) mass is 614 g/mol. The normalized spacial score (nSPS) is 12.2. The van der Waals surface area contributed by atoms with Crippen molar-refractivity contribution in [1.82, 2.24) is 18.5 Å². The van der Waals surface area contributed by atoms with Crippen molar-refractivity contribution in [3.63, 3.8) is 0 Å². The molecule has 7 aromatic carbocycles. The minimum absolute atomic E-state index is 0.851. The van der Waals surface area contributed by atoms with Crippen molar-refractivity contribution in [2.45, 2.75) is 0 Å². The largest absolute Gasteiger partial charge is 0.455 e. The van der Waals surface area contributed by atoms with Crippen LogP contribution in [0.3, 0.4) is 0 Å². The fraction of sp³-hybridized carbons (Fsp3) is 0. The predicted octanol–water partition coefficient (Wildman–Crippen LogP) is 11.1. The van der Waals surface area contributed by atoms with E-state index in [0.717, 1.165) is 72.3 Å². The number of benzene rings is 7. The van der Waals surface area contributed by atoms with Gasteiger partial charge in [0, 0.05) is 27.4 Å². The lowest BCUT2D eigenvalue weighted by molar-refractivity contribution is 0.670. The van der Waals surface area contributed by atoms with E-state index in [9.17, 15) is 0 Å². The van der Waals surface area contributed by atoms with Crippen molar-refractivity contribution < 1.29 is 4.42 Å². The minimum Gasteiger partial charge on any atom is -0.455 e. The van der Waals surface area contributed by atoms with Crippen LogP contribution >= 0.6 is 0 Å². The molecule has 224 valence electrons. The van der Waals surface area contributed by atoms with Crippen molar-refractivity contribution in [3.8, 4) is 22.5 Å². The van der Waals surface area contributed by atoms with Crippen LogP contribution in [0.15, 0.2) is 162 Å². The first-order valence-electron chi connectivity index (χ1n) is 16.2. The van der Waals surface area contributed by atoms with Gasteiger partial charge in [0.25, 0.3) is 0 Å². The van der Waals surface area contributed by atoms with Crippen molar-refractivity contribution in [3.05, 3.63) is 158 Å². The number of hydrogen-bond donors (Lipinski definition) is 0. The average molecular weight is 615 g/mol. The number of hydrogen-bond acceptors (Lipinski definition) is 2. The molecule has 5 heteroatoms. The molecular formula is C43H26N4O. The molecule has 4 aromatic heterocycles. The van der Waals surface area contributed by atoms with Gasteiger partial charge >= 0.3 is 0 Å². The molecular weight excluding hydrogens is 589 g/mol. The molecule has 4 heterocycles. The van der Waals surface area contributed by atoms with Crippen LogP contribution in [-0.4, -0.2) is 18.5 Å². The molecule has 0 N–H and O–H groups in total. The van der Waals surface area contributed by atoms with E-state index in [1.165, 1.54) is 21.8 Å². The van der Waals surface area contributed by atoms with Gasteiger partial charge in [-0.15, -0.1) is 0 Å². The number of nitrogens with zero attached hydrogens (tertiary/aromatic N) is 4. The second-order valence-electron chi connectivity index (χ2n) is 12.4. The molecule has 0 saturated carbocycles. The summed E-state index contributed by atoms with van der Waals surface area (Å²) >= 11 is 0. The summed E-state index contributed by atoms with van der Waals surface area (Å²) < 4.78 is 13.7. The van der Waals surface area contributed by atoms with Gasteiger partial charge in [0.1, 0.15) is 11.2 Å². The lowest BCUT2D eigenvalue weighted by Crippen LogP contribution is -1.95. The second-order valence-corrected chi connectivity index (χ2v) is 12.4. The quantitative estimate of drug-likeness (QED) is 0.199. The van der Waals surface area contributed by atoms with E-state index < -0.39 is 0 Å². The first kappa shape index (κ1) is 25.6. The van der Waals surface area contributed by atoms with Gasteiger partial charge in [0.05, 0.1) is 44.2 Å². The minimum atomic E-state index is 0.851. The van der Waals surface area contributed by atoms with Crippen LogP contribution in [0.5, 0.6) is 0 Å². The molecule has 0 spiro atoms. The Morgan fingerprint density at radius 2 is 1.19 bits per heavy atom. The highest BCUT2D eigenvalue weighted by molar-refractivity contribution is 6.15. The summed E-state index contributed by atoms with van der Waals surface area (Å²) in [6, 6.07) is 55.7. The summed E-state index contributed by atoms with van der Waals surface area (Å²) in [6.45, 7) is 0. The third-order valence-corrected chi connectivity index (χ3v) is 9.85. The molecule has 0 atom stereocenters. The third-order valence-electron chi connectivity index (χ3n) is 9.85. The van der Waals surface area contributed by atoms with Crippen LogP contribution in [0.25, 0.3) is 94.1 Å². The zero-order chi connectivity index (χ0) is 31.3. The fourth-order valence-electron chi connectivity index (χ4n) is 7.83. The van der Waals surface area contributed by atoms with E-state index in [2.05, 4.69) is 165 Å². The number of aromatic nitrogens is 4. The summed E-state index contributed by atoms with van der Waals surface area (Å²) in [5.74, 6) is 0.885. The van der Waals surface area contributed by atoms with Crippen LogP contribution in [-0.2, 0) is 0 Å². The Labute approximate surface area is 274 Å². The maximum Gasteiger partial charge on any atom is 0.220 e. The molecule has 11 rings (SSSR count). The fourth-order valence-corrected chi connectivity index (χ4v) is 7.83. The van der Waals surface area contributed by atoms with E-state index in [4.69, 9.17) is 9.40 Å². The molecule has 0 radical (unpaired) electrons. The Morgan fingerprint density at radius 3 is 2.08 bits per heavy atom. The molecule has 5 nitrogen and oxygen atoms in total. The zero-order valence-corrected chi connectivity index (χ0v) is 25.7. The molecule has 0 unspecified atom stereocenters. The third kappa shape index (κ3) is 3.37. The first-order chi connectivity index (χ1) is 23.8. The van der Waals surface area contributed by atoms with Gasteiger partial charge in [-0.2, -0.15) is 0 Å². The molecule has 0 bridgehead atoms. The van der Waals surface area contributed by atoms with Gasteiger partial charge in [-0.05, 0) is 72.3 Å². The molecule has 0 aliphatic heterocycles. The number of fused-ring (bicyclic) bond motifs is 11. The Kier molecular flexibility index (Phi) is 5.05. The topological polar surface area (TPSA) is 40.3 Å². The average Bonchev–Trinajstić information content (AvgIpc) is 3.88. The van der Waals surface area contributed by atoms with Crippen molar-refractivity contribution >= 4 is 71.6 Å². The Balaban J connectivity index is 1.17. The number of imidazole rings is 2. The lowest BCUT2D eigenvalue weighted by Gasteiger charge is -2.08. The second kappa shape index (κ2) is 9.47. The molecule has 0 amide bonds. The van der Waals surface area contributed by atoms with Crippen LogP contribution < -0.4 is 0 Å². The van der Waals surface area contributed by atoms with Gasteiger partial charge in [-0.1, -0.05) is 91.0 Å². The standard InChI is InChI=1S/C43H26N4O/c1-2-12-28(13-3-1)45-34-18-6-4-14-30(34)32-26-27(24-25-35(32)45)29-15-10-16-31-41-39(22-11-23-40(41)48-42(29)31)47-38-21-9-8-20-37(38)46-36-19-7-5-17-33(36)44-43(46)47/h1-26H. The molecule has 0 fully saturated rings. The van der Waals surface area contributed by atoms with Crippen molar-refractivity contribution in [2.24, 2.45) is 0 Å². The predicted molar refractivity (Wildman–Crippen MR) is 197 cm³/mol. The Hall–Kier alpha value is -6.59.